The largest absolute Gasteiger partial charge is 0.469 e. The Bertz CT molecular complexity index is 215. The average molecular weight is 228 g/mol. The summed E-state index contributed by atoms with van der Waals surface area (Å²) in [4.78, 5) is 13.5. The Hall–Kier alpha value is -0.610. The van der Waals surface area contributed by atoms with Crippen LogP contribution in [0, 0.1) is 11.8 Å². The van der Waals surface area contributed by atoms with Crippen molar-refractivity contribution in [2.24, 2.45) is 11.8 Å². The van der Waals surface area contributed by atoms with Gasteiger partial charge >= 0.3 is 5.97 Å². The van der Waals surface area contributed by atoms with Gasteiger partial charge in [-0.2, -0.15) is 0 Å². The molecule has 4 nitrogen and oxygen atoms in total. The third-order valence-corrected chi connectivity index (χ3v) is 3.22. The molecule has 0 aromatic rings. The molecule has 94 valence electrons. The van der Waals surface area contributed by atoms with Crippen LogP contribution < -0.4 is 5.32 Å². The lowest BCUT2D eigenvalue weighted by Crippen LogP contribution is -2.37. The van der Waals surface area contributed by atoms with E-state index in [1.54, 1.807) is 0 Å². The van der Waals surface area contributed by atoms with Gasteiger partial charge in [0.25, 0.3) is 0 Å². The number of hydrogen-bond acceptors (Lipinski definition) is 4. The number of ether oxygens (including phenoxy) is 1. The lowest BCUT2D eigenvalue weighted by molar-refractivity contribution is -0.145. The van der Waals surface area contributed by atoms with Crippen molar-refractivity contribution in [1.82, 2.24) is 10.2 Å². The standard InChI is InChI=1S/C12H24N2O2/c1-10(12(15)16-3)8-14(2)9-11-4-6-13-7-5-11/h10-11,13H,4-9H2,1-3H3. The topological polar surface area (TPSA) is 41.6 Å². The highest BCUT2D eigenvalue weighted by molar-refractivity contribution is 5.71. The quantitative estimate of drug-likeness (QED) is 0.704. The zero-order chi connectivity index (χ0) is 12.0. The van der Waals surface area contributed by atoms with E-state index in [0.29, 0.717) is 0 Å². The van der Waals surface area contributed by atoms with Crippen molar-refractivity contribution >= 4 is 5.97 Å². The first-order chi connectivity index (χ1) is 7.63. The van der Waals surface area contributed by atoms with Gasteiger partial charge in [0.1, 0.15) is 0 Å². The van der Waals surface area contributed by atoms with Crippen molar-refractivity contribution in [3.8, 4) is 0 Å². The predicted molar refractivity (Wildman–Crippen MR) is 64.3 cm³/mol. The van der Waals surface area contributed by atoms with E-state index >= 15 is 0 Å². The van der Waals surface area contributed by atoms with Crippen molar-refractivity contribution in [3.05, 3.63) is 0 Å². The van der Waals surface area contributed by atoms with Crippen molar-refractivity contribution in [2.45, 2.75) is 19.8 Å². The molecule has 0 saturated carbocycles. The normalized spacial score (nSPS) is 19.8. The van der Waals surface area contributed by atoms with Gasteiger partial charge < -0.3 is 15.0 Å². The van der Waals surface area contributed by atoms with E-state index in [4.69, 9.17) is 4.74 Å². The van der Waals surface area contributed by atoms with Crippen LogP contribution in [0.3, 0.4) is 0 Å². The molecule has 1 fully saturated rings. The van der Waals surface area contributed by atoms with Crippen LogP contribution in [0.4, 0.5) is 0 Å². The van der Waals surface area contributed by atoms with Crippen LogP contribution >= 0.6 is 0 Å². The second kappa shape index (κ2) is 6.86. The zero-order valence-corrected chi connectivity index (χ0v) is 10.7. The Balaban J connectivity index is 2.23. The van der Waals surface area contributed by atoms with Gasteiger partial charge in [-0.3, -0.25) is 4.79 Å². The molecular formula is C12H24N2O2. The minimum absolute atomic E-state index is 0.0308. The van der Waals surface area contributed by atoms with Gasteiger partial charge in [0, 0.05) is 13.1 Å². The number of nitrogens with zero attached hydrogens (tertiary/aromatic N) is 1. The summed E-state index contributed by atoms with van der Waals surface area (Å²) >= 11 is 0. The maximum Gasteiger partial charge on any atom is 0.309 e. The Morgan fingerprint density at radius 3 is 2.69 bits per heavy atom. The van der Waals surface area contributed by atoms with Crippen LogP contribution in [-0.2, 0) is 9.53 Å². The monoisotopic (exact) mass is 228 g/mol. The number of piperidine rings is 1. The number of rotatable bonds is 5. The van der Waals surface area contributed by atoms with E-state index < -0.39 is 0 Å². The zero-order valence-electron chi connectivity index (χ0n) is 10.7. The summed E-state index contributed by atoms with van der Waals surface area (Å²) < 4.78 is 4.73. The molecule has 1 heterocycles. The van der Waals surface area contributed by atoms with E-state index in [2.05, 4.69) is 17.3 Å². The molecule has 0 bridgehead atoms. The lowest BCUT2D eigenvalue weighted by Gasteiger charge is -2.28. The number of esters is 1. The van der Waals surface area contributed by atoms with Crippen molar-refractivity contribution in [3.63, 3.8) is 0 Å². The minimum atomic E-state index is -0.114. The molecule has 0 aromatic heterocycles. The predicted octanol–water partition coefficient (Wildman–Crippen LogP) is 0.727. The molecule has 1 aliphatic heterocycles. The van der Waals surface area contributed by atoms with Crippen molar-refractivity contribution in [1.29, 1.82) is 0 Å². The molecule has 0 aliphatic carbocycles. The summed E-state index contributed by atoms with van der Waals surface area (Å²) in [6.07, 6.45) is 2.49. The molecule has 1 N–H and O–H groups in total. The molecule has 1 saturated heterocycles. The van der Waals surface area contributed by atoms with Crippen LogP contribution in [0.1, 0.15) is 19.8 Å². The number of hydrogen-bond donors (Lipinski definition) is 1. The summed E-state index contributed by atoms with van der Waals surface area (Å²) in [5, 5.41) is 3.36. The first-order valence-electron chi connectivity index (χ1n) is 6.10. The van der Waals surface area contributed by atoms with E-state index in [0.717, 1.165) is 32.1 Å². The van der Waals surface area contributed by atoms with Crippen molar-refractivity contribution in [2.75, 3.05) is 40.3 Å². The van der Waals surface area contributed by atoms with Crippen LogP contribution in [0.15, 0.2) is 0 Å². The van der Waals surface area contributed by atoms with Crippen LogP contribution in [0.5, 0.6) is 0 Å². The van der Waals surface area contributed by atoms with Gasteiger partial charge in [0.2, 0.25) is 0 Å². The molecule has 4 heteroatoms. The summed E-state index contributed by atoms with van der Waals surface area (Å²) in [5.74, 6) is 0.630. The van der Waals surface area contributed by atoms with Crippen LogP contribution in [0.25, 0.3) is 0 Å². The molecule has 0 radical (unpaired) electrons. The summed E-state index contributed by atoms with van der Waals surface area (Å²) in [6, 6.07) is 0. The average Bonchev–Trinajstić information content (AvgIpc) is 2.29. The van der Waals surface area contributed by atoms with E-state index in [1.165, 1.54) is 20.0 Å². The first-order valence-corrected chi connectivity index (χ1v) is 6.10. The third kappa shape index (κ3) is 4.49. The van der Waals surface area contributed by atoms with Gasteiger partial charge in [-0.15, -0.1) is 0 Å². The van der Waals surface area contributed by atoms with E-state index in [1.807, 2.05) is 6.92 Å². The fourth-order valence-electron chi connectivity index (χ4n) is 2.32. The van der Waals surface area contributed by atoms with Crippen LogP contribution in [-0.4, -0.2) is 51.2 Å². The summed E-state index contributed by atoms with van der Waals surface area (Å²) in [7, 11) is 3.53. The Morgan fingerprint density at radius 2 is 2.12 bits per heavy atom. The van der Waals surface area contributed by atoms with Gasteiger partial charge in [0.15, 0.2) is 0 Å². The minimum Gasteiger partial charge on any atom is -0.469 e. The molecule has 1 unspecified atom stereocenters. The molecular weight excluding hydrogens is 204 g/mol. The molecule has 1 atom stereocenters. The maximum absolute atomic E-state index is 11.3. The van der Waals surface area contributed by atoms with Gasteiger partial charge in [-0.1, -0.05) is 6.92 Å². The Labute approximate surface area is 98.3 Å². The van der Waals surface area contributed by atoms with E-state index in [9.17, 15) is 4.79 Å². The molecule has 16 heavy (non-hydrogen) atoms. The van der Waals surface area contributed by atoms with E-state index in [-0.39, 0.29) is 11.9 Å². The molecule has 1 aliphatic rings. The smallest absolute Gasteiger partial charge is 0.309 e. The molecule has 1 rings (SSSR count). The van der Waals surface area contributed by atoms with Gasteiger partial charge in [-0.05, 0) is 38.9 Å². The number of nitrogens with one attached hydrogen (secondary N) is 1. The highest BCUT2D eigenvalue weighted by Crippen LogP contribution is 2.13. The Kier molecular flexibility index (Phi) is 5.77. The summed E-state index contributed by atoms with van der Waals surface area (Å²) in [5.41, 5.74) is 0. The first kappa shape index (κ1) is 13.5. The van der Waals surface area contributed by atoms with Crippen molar-refractivity contribution < 1.29 is 9.53 Å². The molecule has 0 spiro atoms. The summed E-state index contributed by atoms with van der Waals surface area (Å²) in [6.45, 7) is 6.06. The highest BCUT2D eigenvalue weighted by atomic mass is 16.5. The third-order valence-electron chi connectivity index (χ3n) is 3.22. The van der Waals surface area contributed by atoms with Crippen LogP contribution in [0.2, 0.25) is 0 Å². The van der Waals surface area contributed by atoms with Gasteiger partial charge in [-0.25, -0.2) is 0 Å². The number of carbonyl (C=O) groups is 1. The molecule has 0 amide bonds. The second-order valence-electron chi connectivity index (χ2n) is 4.84. The maximum atomic E-state index is 11.3. The number of carbonyl (C=O) groups excluding carboxylic acids is 1. The number of methoxy groups -OCH3 is 1. The Morgan fingerprint density at radius 1 is 1.50 bits per heavy atom. The highest BCUT2D eigenvalue weighted by Gasteiger charge is 2.19. The second-order valence-corrected chi connectivity index (χ2v) is 4.84. The lowest BCUT2D eigenvalue weighted by atomic mass is 9.97. The van der Waals surface area contributed by atoms with Gasteiger partial charge in [0.05, 0.1) is 13.0 Å². The fraction of sp³-hybridized carbons (Fsp3) is 0.917. The SMILES string of the molecule is COC(=O)C(C)CN(C)CC1CCNCC1. The molecule has 0 aromatic carbocycles. The fourth-order valence-corrected chi connectivity index (χ4v) is 2.32.